The molecule has 1 atom stereocenters. The minimum Gasteiger partial charge on any atom is -0.492 e. The molecule has 0 heterocycles. The number of anilines is 1. The summed E-state index contributed by atoms with van der Waals surface area (Å²) in [7, 11) is -3.66. The lowest BCUT2D eigenvalue weighted by molar-refractivity contribution is -0.121. The molecule has 6 nitrogen and oxygen atoms in total. The number of carbonyl (C=O) groups excluding carboxylic acids is 1. The number of nitrogens with zero attached hydrogens (tertiary/aromatic N) is 1. The minimum absolute atomic E-state index is 0.259. The smallest absolute Gasteiger partial charge is 0.243 e. The molecule has 2 rings (SSSR count). The fourth-order valence-electron chi connectivity index (χ4n) is 2.59. The monoisotopic (exact) mass is 410 g/mol. The van der Waals surface area contributed by atoms with Gasteiger partial charge in [-0.25, -0.2) is 8.42 Å². The molecular weight excluding hydrogens is 388 g/mol. The number of nitrogens with one attached hydrogen (secondary N) is 1. The molecule has 1 N–H and O–H groups in total. The first-order valence-electron chi connectivity index (χ1n) is 8.40. The van der Waals surface area contributed by atoms with Gasteiger partial charge in [0.1, 0.15) is 18.4 Å². The highest BCUT2D eigenvalue weighted by atomic mass is 35.5. The lowest BCUT2D eigenvalue weighted by Gasteiger charge is -2.28. The van der Waals surface area contributed by atoms with Crippen LogP contribution in [-0.4, -0.2) is 39.8 Å². The quantitative estimate of drug-likeness (QED) is 0.679. The molecule has 0 bridgehead atoms. The Labute approximate surface area is 165 Å². The summed E-state index contributed by atoms with van der Waals surface area (Å²) in [5.41, 5.74) is 1.46. The minimum atomic E-state index is -3.66. The summed E-state index contributed by atoms with van der Waals surface area (Å²) in [5.74, 6) is 0.305. The van der Waals surface area contributed by atoms with Crippen molar-refractivity contribution >= 4 is 33.2 Å². The number of hydrogen-bond acceptors (Lipinski definition) is 4. The third kappa shape index (κ3) is 6.15. The summed E-state index contributed by atoms with van der Waals surface area (Å²) in [6.07, 6.45) is 1.06. The zero-order valence-corrected chi connectivity index (χ0v) is 17.0. The first kappa shape index (κ1) is 21.1. The van der Waals surface area contributed by atoms with E-state index in [4.69, 9.17) is 16.3 Å². The molecule has 2 aromatic rings. The van der Waals surface area contributed by atoms with E-state index in [1.807, 2.05) is 31.2 Å². The van der Waals surface area contributed by atoms with Crippen LogP contribution < -0.4 is 14.4 Å². The van der Waals surface area contributed by atoms with Gasteiger partial charge in [-0.1, -0.05) is 23.7 Å². The maximum Gasteiger partial charge on any atom is 0.243 e. The van der Waals surface area contributed by atoms with Crippen LogP contribution in [0.5, 0.6) is 5.75 Å². The average Bonchev–Trinajstić information content (AvgIpc) is 2.59. The highest BCUT2D eigenvalue weighted by Crippen LogP contribution is 2.23. The lowest BCUT2D eigenvalue weighted by Crippen LogP contribution is -2.48. The summed E-state index contributed by atoms with van der Waals surface area (Å²) in [6.45, 7) is 4.04. The third-order valence-electron chi connectivity index (χ3n) is 3.83. The first-order valence-corrected chi connectivity index (χ1v) is 10.6. The standard InChI is InChI=1S/C19H23ClN2O4S/c1-14-5-4-6-18(13-14)26-12-11-21-19(23)15(2)22(27(3,24)25)17-9-7-16(20)8-10-17/h4-10,13,15H,11-12H2,1-3H3,(H,21,23)/t15-/m0/s1. The number of ether oxygens (including phenoxy) is 1. The number of halogens is 1. The van der Waals surface area contributed by atoms with Gasteiger partial charge in [0.2, 0.25) is 15.9 Å². The Balaban J connectivity index is 1.97. The topological polar surface area (TPSA) is 75.7 Å². The summed E-state index contributed by atoms with van der Waals surface area (Å²) in [6, 6.07) is 13.0. The van der Waals surface area contributed by atoms with E-state index in [1.54, 1.807) is 24.3 Å². The molecule has 0 unspecified atom stereocenters. The molecule has 27 heavy (non-hydrogen) atoms. The second-order valence-electron chi connectivity index (χ2n) is 6.17. The number of rotatable bonds is 8. The fraction of sp³-hybridized carbons (Fsp3) is 0.316. The molecule has 2 aromatic carbocycles. The van der Waals surface area contributed by atoms with Crippen LogP contribution in [0.25, 0.3) is 0 Å². The number of aryl methyl sites for hydroxylation is 1. The van der Waals surface area contributed by atoms with Crippen molar-refractivity contribution in [2.45, 2.75) is 19.9 Å². The molecule has 0 fully saturated rings. The van der Waals surface area contributed by atoms with E-state index in [9.17, 15) is 13.2 Å². The summed E-state index contributed by atoms with van der Waals surface area (Å²) < 4.78 is 31.0. The maximum atomic E-state index is 12.4. The Bertz CT molecular complexity index is 885. The molecule has 0 aliphatic rings. The van der Waals surface area contributed by atoms with E-state index >= 15 is 0 Å². The fourth-order valence-corrected chi connectivity index (χ4v) is 3.89. The summed E-state index contributed by atoms with van der Waals surface area (Å²) in [4.78, 5) is 12.4. The number of amides is 1. The van der Waals surface area contributed by atoms with E-state index in [1.165, 1.54) is 6.92 Å². The second kappa shape index (κ2) is 9.10. The Kier molecular flexibility index (Phi) is 7.10. The third-order valence-corrected chi connectivity index (χ3v) is 5.32. The number of benzene rings is 2. The molecule has 8 heteroatoms. The van der Waals surface area contributed by atoms with Crippen LogP contribution in [0.15, 0.2) is 48.5 Å². The number of carbonyl (C=O) groups is 1. The van der Waals surface area contributed by atoms with Crippen LogP contribution in [0.4, 0.5) is 5.69 Å². The van der Waals surface area contributed by atoms with E-state index in [0.717, 1.165) is 21.9 Å². The van der Waals surface area contributed by atoms with Gasteiger partial charge in [-0.05, 0) is 55.8 Å². The number of hydrogen-bond donors (Lipinski definition) is 1. The summed E-state index contributed by atoms with van der Waals surface area (Å²) >= 11 is 5.86. The average molecular weight is 411 g/mol. The van der Waals surface area contributed by atoms with E-state index in [-0.39, 0.29) is 13.2 Å². The van der Waals surface area contributed by atoms with Crippen LogP contribution in [0.1, 0.15) is 12.5 Å². The van der Waals surface area contributed by atoms with Crippen molar-refractivity contribution in [2.24, 2.45) is 0 Å². The van der Waals surface area contributed by atoms with Gasteiger partial charge in [-0.15, -0.1) is 0 Å². The van der Waals surface area contributed by atoms with Gasteiger partial charge >= 0.3 is 0 Å². The number of sulfonamides is 1. The maximum absolute atomic E-state index is 12.4. The van der Waals surface area contributed by atoms with Gasteiger partial charge in [0.25, 0.3) is 0 Å². The predicted octanol–water partition coefficient (Wildman–Crippen LogP) is 3.00. The van der Waals surface area contributed by atoms with Crippen molar-refractivity contribution in [1.29, 1.82) is 0 Å². The van der Waals surface area contributed by atoms with E-state index < -0.39 is 22.0 Å². The Morgan fingerprint density at radius 2 is 1.89 bits per heavy atom. The molecule has 0 aromatic heterocycles. The van der Waals surface area contributed by atoms with Crippen LogP contribution in [0.3, 0.4) is 0 Å². The highest BCUT2D eigenvalue weighted by Gasteiger charge is 2.28. The van der Waals surface area contributed by atoms with Crippen molar-refractivity contribution < 1.29 is 17.9 Å². The molecular formula is C19H23ClN2O4S. The molecule has 0 aliphatic carbocycles. The van der Waals surface area contributed by atoms with Gasteiger partial charge in [0, 0.05) is 5.02 Å². The van der Waals surface area contributed by atoms with E-state index in [0.29, 0.717) is 10.7 Å². The molecule has 0 aliphatic heterocycles. The van der Waals surface area contributed by atoms with Crippen molar-refractivity contribution in [3.63, 3.8) is 0 Å². The van der Waals surface area contributed by atoms with Crippen LogP contribution in [0, 0.1) is 6.92 Å². The Hall–Kier alpha value is -2.25. The van der Waals surface area contributed by atoms with Crippen molar-refractivity contribution in [2.75, 3.05) is 23.7 Å². The molecule has 0 saturated heterocycles. The molecule has 1 amide bonds. The van der Waals surface area contributed by atoms with Gasteiger partial charge < -0.3 is 10.1 Å². The zero-order valence-electron chi connectivity index (χ0n) is 15.5. The highest BCUT2D eigenvalue weighted by molar-refractivity contribution is 7.92. The molecule has 0 saturated carbocycles. The van der Waals surface area contributed by atoms with Gasteiger partial charge in [0.05, 0.1) is 18.5 Å². The van der Waals surface area contributed by atoms with Crippen molar-refractivity contribution in [3.8, 4) is 5.75 Å². The van der Waals surface area contributed by atoms with Crippen LogP contribution in [0.2, 0.25) is 5.02 Å². The molecule has 146 valence electrons. The zero-order chi connectivity index (χ0) is 20.0. The van der Waals surface area contributed by atoms with Crippen molar-refractivity contribution in [3.05, 3.63) is 59.1 Å². The van der Waals surface area contributed by atoms with Gasteiger partial charge in [-0.3, -0.25) is 9.10 Å². The SMILES string of the molecule is Cc1cccc(OCCNC(=O)[C@H](C)N(c2ccc(Cl)cc2)S(C)(=O)=O)c1. The predicted molar refractivity (Wildman–Crippen MR) is 108 cm³/mol. The van der Waals surface area contributed by atoms with Crippen molar-refractivity contribution in [1.82, 2.24) is 5.32 Å². The molecule has 0 spiro atoms. The summed E-state index contributed by atoms with van der Waals surface area (Å²) in [5, 5.41) is 3.19. The first-order chi connectivity index (χ1) is 12.7. The lowest BCUT2D eigenvalue weighted by atomic mass is 10.2. The largest absolute Gasteiger partial charge is 0.492 e. The Morgan fingerprint density at radius 3 is 2.48 bits per heavy atom. The normalized spacial score (nSPS) is 12.3. The van der Waals surface area contributed by atoms with E-state index in [2.05, 4.69) is 5.32 Å². The van der Waals surface area contributed by atoms with Crippen LogP contribution >= 0.6 is 11.6 Å². The van der Waals surface area contributed by atoms with Gasteiger partial charge in [0.15, 0.2) is 0 Å². The second-order valence-corrected chi connectivity index (χ2v) is 8.46. The van der Waals surface area contributed by atoms with Gasteiger partial charge in [-0.2, -0.15) is 0 Å². The van der Waals surface area contributed by atoms with Crippen LogP contribution in [-0.2, 0) is 14.8 Å². The Morgan fingerprint density at radius 1 is 1.22 bits per heavy atom. The molecule has 0 radical (unpaired) electrons.